The zero-order valence-electron chi connectivity index (χ0n) is 33.1. The van der Waals surface area contributed by atoms with Crippen molar-refractivity contribution in [3.8, 4) is 0 Å². The lowest BCUT2D eigenvalue weighted by molar-refractivity contribution is -0.124. The Bertz CT molecular complexity index is 684. The molecule has 0 saturated heterocycles. The highest BCUT2D eigenvalue weighted by Gasteiger charge is 2.26. The number of aliphatic hydroxyl groups is 3. The van der Waals surface area contributed by atoms with E-state index in [1.807, 2.05) is 0 Å². The zero-order chi connectivity index (χ0) is 35.9. The minimum atomic E-state index is -1.15. The van der Waals surface area contributed by atoms with E-state index >= 15 is 0 Å². The molecule has 4 N–H and O–H groups in total. The number of aliphatic hydroxyl groups excluding tert-OH is 3. The molecule has 0 aromatic carbocycles. The van der Waals surface area contributed by atoms with Gasteiger partial charge in [-0.3, -0.25) is 4.79 Å². The van der Waals surface area contributed by atoms with E-state index in [0.717, 1.165) is 38.5 Å². The molecule has 0 aliphatic heterocycles. The Morgan fingerprint density at radius 2 is 0.816 bits per heavy atom. The molecule has 1 amide bonds. The SMILES string of the molecule is CCCCCCCCCCCCCCCCCCC/C=C/CCCC(O)C(O)C(CO)NC(=O)CCCCCCCCCCCCCCC. The van der Waals surface area contributed by atoms with Gasteiger partial charge in [0.05, 0.1) is 18.8 Å². The Morgan fingerprint density at radius 1 is 0.490 bits per heavy atom. The predicted octanol–water partition coefficient (Wildman–Crippen LogP) is 12.4. The van der Waals surface area contributed by atoms with Crippen LogP contribution >= 0.6 is 0 Å². The van der Waals surface area contributed by atoms with Gasteiger partial charge in [0.25, 0.3) is 0 Å². The Hall–Kier alpha value is -0.910. The van der Waals surface area contributed by atoms with Crippen LogP contribution in [-0.4, -0.2) is 46.1 Å². The van der Waals surface area contributed by atoms with Gasteiger partial charge in [-0.2, -0.15) is 0 Å². The molecule has 3 unspecified atom stereocenters. The van der Waals surface area contributed by atoms with Crippen LogP contribution in [0, 0.1) is 0 Å². The minimum absolute atomic E-state index is 0.152. The summed E-state index contributed by atoms with van der Waals surface area (Å²) in [5, 5.41) is 33.5. The smallest absolute Gasteiger partial charge is 0.220 e. The normalized spacial score (nSPS) is 13.7. The predicted molar refractivity (Wildman–Crippen MR) is 213 cm³/mol. The van der Waals surface area contributed by atoms with Crippen molar-refractivity contribution in [1.82, 2.24) is 5.32 Å². The Labute approximate surface area is 306 Å². The van der Waals surface area contributed by atoms with Gasteiger partial charge < -0.3 is 20.6 Å². The molecule has 49 heavy (non-hydrogen) atoms. The first kappa shape index (κ1) is 48.1. The summed E-state index contributed by atoms with van der Waals surface area (Å²) in [6, 6.07) is -0.820. The first-order valence-corrected chi connectivity index (χ1v) is 22.0. The van der Waals surface area contributed by atoms with Crippen LogP contribution in [0.15, 0.2) is 12.2 Å². The molecule has 0 fully saturated rings. The van der Waals surface area contributed by atoms with Crippen LogP contribution in [0.1, 0.15) is 239 Å². The van der Waals surface area contributed by atoms with Gasteiger partial charge >= 0.3 is 0 Å². The summed E-state index contributed by atoms with van der Waals surface area (Å²) in [5.74, 6) is -0.152. The lowest BCUT2D eigenvalue weighted by Crippen LogP contribution is -2.50. The molecular weight excluding hydrogens is 606 g/mol. The molecule has 0 heterocycles. The molecule has 0 aliphatic rings. The topological polar surface area (TPSA) is 89.8 Å². The second-order valence-electron chi connectivity index (χ2n) is 15.3. The molecule has 0 radical (unpaired) electrons. The lowest BCUT2D eigenvalue weighted by atomic mass is 10.0. The van der Waals surface area contributed by atoms with E-state index in [0.29, 0.717) is 12.8 Å². The number of carbonyl (C=O) groups is 1. The van der Waals surface area contributed by atoms with E-state index in [1.54, 1.807) is 0 Å². The largest absolute Gasteiger partial charge is 0.394 e. The molecule has 3 atom stereocenters. The van der Waals surface area contributed by atoms with Crippen molar-refractivity contribution in [2.24, 2.45) is 0 Å². The first-order valence-electron chi connectivity index (χ1n) is 22.0. The van der Waals surface area contributed by atoms with Gasteiger partial charge in [-0.1, -0.05) is 206 Å². The molecule has 5 heteroatoms. The fourth-order valence-electron chi connectivity index (χ4n) is 6.93. The monoisotopic (exact) mass is 694 g/mol. The highest BCUT2D eigenvalue weighted by atomic mass is 16.3. The maximum absolute atomic E-state index is 12.4. The van der Waals surface area contributed by atoms with Gasteiger partial charge in [0.1, 0.15) is 6.10 Å². The van der Waals surface area contributed by atoms with Crippen molar-refractivity contribution in [2.45, 2.75) is 257 Å². The molecule has 0 spiro atoms. The van der Waals surface area contributed by atoms with Crippen LogP contribution in [0.5, 0.6) is 0 Å². The zero-order valence-corrected chi connectivity index (χ0v) is 33.1. The van der Waals surface area contributed by atoms with Crippen LogP contribution in [-0.2, 0) is 4.79 Å². The summed E-state index contributed by atoms with van der Waals surface area (Å²) in [6.07, 6.45) is 46.1. The first-order chi connectivity index (χ1) is 24.1. The average Bonchev–Trinajstić information content (AvgIpc) is 3.10. The number of hydrogen-bond acceptors (Lipinski definition) is 4. The molecule has 0 aliphatic carbocycles. The van der Waals surface area contributed by atoms with Gasteiger partial charge in [0.15, 0.2) is 0 Å². The highest BCUT2D eigenvalue weighted by molar-refractivity contribution is 5.76. The Kier molecular flexibility index (Phi) is 39.1. The van der Waals surface area contributed by atoms with Gasteiger partial charge in [-0.05, 0) is 38.5 Å². The van der Waals surface area contributed by atoms with Crippen molar-refractivity contribution in [1.29, 1.82) is 0 Å². The third-order valence-corrected chi connectivity index (χ3v) is 10.4. The molecule has 0 aromatic heterocycles. The summed E-state index contributed by atoms with van der Waals surface area (Å²) < 4.78 is 0. The third-order valence-electron chi connectivity index (χ3n) is 10.4. The van der Waals surface area contributed by atoms with E-state index in [1.165, 1.54) is 173 Å². The van der Waals surface area contributed by atoms with E-state index in [2.05, 4.69) is 31.3 Å². The maximum atomic E-state index is 12.4. The lowest BCUT2D eigenvalue weighted by Gasteiger charge is -2.26. The van der Waals surface area contributed by atoms with Crippen molar-refractivity contribution in [3.63, 3.8) is 0 Å². The fraction of sp³-hybridized carbons (Fsp3) is 0.932. The van der Waals surface area contributed by atoms with Crippen LogP contribution in [0.25, 0.3) is 0 Å². The highest BCUT2D eigenvalue weighted by Crippen LogP contribution is 2.16. The van der Waals surface area contributed by atoms with E-state index in [-0.39, 0.29) is 12.5 Å². The van der Waals surface area contributed by atoms with Crippen molar-refractivity contribution in [2.75, 3.05) is 6.61 Å². The van der Waals surface area contributed by atoms with E-state index < -0.39 is 18.2 Å². The number of nitrogens with one attached hydrogen (secondary N) is 1. The second-order valence-corrected chi connectivity index (χ2v) is 15.3. The fourth-order valence-corrected chi connectivity index (χ4v) is 6.93. The summed E-state index contributed by atoms with van der Waals surface area (Å²) in [5.41, 5.74) is 0. The molecule has 292 valence electrons. The minimum Gasteiger partial charge on any atom is -0.394 e. The van der Waals surface area contributed by atoms with Gasteiger partial charge in [-0.25, -0.2) is 0 Å². The quantitative estimate of drug-likeness (QED) is 0.0380. The van der Waals surface area contributed by atoms with Crippen molar-refractivity contribution in [3.05, 3.63) is 12.2 Å². The number of rotatable bonds is 40. The van der Waals surface area contributed by atoms with Crippen LogP contribution in [0.3, 0.4) is 0 Å². The summed E-state index contributed by atoms with van der Waals surface area (Å²) in [4.78, 5) is 12.4. The molecule has 5 nitrogen and oxygen atoms in total. The van der Waals surface area contributed by atoms with Crippen LogP contribution in [0.4, 0.5) is 0 Å². The number of amides is 1. The number of allylic oxidation sites excluding steroid dienone is 2. The Morgan fingerprint density at radius 3 is 1.18 bits per heavy atom. The molecule has 0 saturated carbocycles. The maximum Gasteiger partial charge on any atom is 0.220 e. The van der Waals surface area contributed by atoms with Crippen molar-refractivity contribution >= 4 is 5.91 Å². The number of hydrogen-bond donors (Lipinski definition) is 4. The number of unbranched alkanes of at least 4 members (excludes halogenated alkanes) is 30. The van der Waals surface area contributed by atoms with E-state index in [4.69, 9.17) is 0 Å². The molecule has 0 aromatic rings. The van der Waals surface area contributed by atoms with Crippen molar-refractivity contribution < 1.29 is 20.1 Å². The molecular formula is C44H87NO4. The Balaban J connectivity index is 3.62. The van der Waals surface area contributed by atoms with Crippen LogP contribution in [0.2, 0.25) is 0 Å². The average molecular weight is 694 g/mol. The molecule has 0 bridgehead atoms. The van der Waals surface area contributed by atoms with Crippen LogP contribution < -0.4 is 5.32 Å². The van der Waals surface area contributed by atoms with Gasteiger partial charge in [0.2, 0.25) is 5.91 Å². The van der Waals surface area contributed by atoms with Gasteiger partial charge in [0, 0.05) is 6.42 Å². The van der Waals surface area contributed by atoms with E-state index in [9.17, 15) is 20.1 Å². The third kappa shape index (κ3) is 35.3. The van der Waals surface area contributed by atoms with Gasteiger partial charge in [-0.15, -0.1) is 0 Å². The second kappa shape index (κ2) is 39.9. The summed E-state index contributed by atoms with van der Waals surface area (Å²) in [7, 11) is 0. The standard InChI is InChI=1S/C44H87NO4/c1-3-5-7-9-11-13-15-17-18-19-20-21-22-23-24-25-27-28-30-32-34-36-38-42(47)44(49)41(40-46)45-43(48)39-37-35-33-31-29-26-16-14-12-10-8-6-4-2/h30,32,41-42,44,46-47,49H,3-29,31,33-40H2,1-2H3,(H,45,48)/b32-30+. The summed E-state index contributed by atoms with van der Waals surface area (Å²) >= 11 is 0. The number of carbonyl (C=O) groups excluding carboxylic acids is 1. The molecule has 0 rings (SSSR count). The summed E-state index contributed by atoms with van der Waals surface area (Å²) in [6.45, 7) is 4.18.